The molecule has 2 aromatic carbocycles. The molecule has 8 heteroatoms. The minimum Gasteiger partial charge on any atom is -0.383 e. The number of carbonyl (C=O) groups is 2. The summed E-state index contributed by atoms with van der Waals surface area (Å²) in [4.78, 5) is 27.1. The van der Waals surface area contributed by atoms with Crippen molar-refractivity contribution in [1.82, 2.24) is 4.98 Å². The molecule has 0 saturated heterocycles. The number of aromatic nitrogens is 1. The summed E-state index contributed by atoms with van der Waals surface area (Å²) in [6, 6.07) is 10.5. The lowest BCUT2D eigenvalue weighted by molar-refractivity contribution is -0.124. The van der Waals surface area contributed by atoms with Gasteiger partial charge >= 0.3 is 0 Å². The Morgan fingerprint density at radius 1 is 1.07 bits per heavy atom. The van der Waals surface area contributed by atoms with Crippen LogP contribution in [0.5, 0.6) is 0 Å². The largest absolute Gasteiger partial charge is 0.383 e. The van der Waals surface area contributed by atoms with Gasteiger partial charge in [0.2, 0.25) is 0 Å². The number of aldehydes is 1. The molecule has 0 aliphatic carbocycles. The lowest BCUT2D eigenvalue weighted by Crippen LogP contribution is -2.21. The van der Waals surface area contributed by atoms with Crippen molar-refractivity contribution >= 4 is 23.7 Å². The van der Waals surface area contributed by atoms with Gasteiger partial charge in [-0.1, -0.05) is 12.1 Å². The van der Waals surface area contributed by atoms with Gasteiger partial charge in [0.1, 0.15) is 17.5 Å². The first-order chi connectivity index (χ1) is 13.4. The van der Waals surface area contributed by atoms with Crippen LogP contribution in [0.15, 0.2) is 54.7 Å². The van der Waals surface area contributed by atoms with Crippen molar-refractivity contribution in [3.63, 3.8) is 0 Å². The summed E-state index contributed by atoms with van der Waals surface area (Å²) in [6.07, 6.45) is 0.385. The van der Waals surface area contributed by atoms with Crippen molar-refractivity contribution in [2.45, 2.75) is 6.10 Å². The molecule has 142 valence electrons. The normalized spacial score (nSPS) is 11.7. The number of amides is 1. The Morgan fingerprint density at radius 3 is 2.32 bits per heavy atom. The zero-order chi connectivity index (χ0) is 20.3. The third-order valence-electron chi connectivity index (χ3n) is 4.01. The Morgan fingerprint density at radius 2 is 1.71 bits per heavy atom. The number of benzene rings is 2. The average molecular weight is 383 g/mol. The molecule has 0 aliphatic heterocycles. The standard InChI is InChI=1S/C20H15F2N3O3/c21-15-6-12(7-16(22)8-15)18(27)20(28)25-17-3-1-11(2-4-17)13-5-14(10-26)19(23)24-9-13/h1-10,18,27H,(H2,23,24)(H,25,28). The Bertz CT molecular complexity index is 1020. The van der Waals surface area contributed by atoms with E-state index in [0.717, 1.165) is 17.7 Å². The molecule has 0 aliphatic rings. The summed E-state index contributed by atoms with van der Waals surface area (Å²) in [7, 11) is 0. The lowest BCUT2D eigenvalue weighted by atomic mass is 10.1. The number of anilines is 2. The van der Waals surface area contributed by atoms with Crippen molar-refractivity contribution in [2.24, 2.45) is 0 Å². The molecule has 1 aromatic heterocycles. The van der Waals surface area contributed by atoms with Gasteiger partial charge in [0.05, 0.1) is 5.56 Å². The maximum atomic E-state index is 13.2. The number of carbonyl (C=O) groups excluding carboxylic acids is 2. The van der Waals surface area contributed by atoms with Crippen LogP contribution in [0.25, 0.3) is 11.1 Å². The minimum atomic E-state index is -1.73. The van der Waals surface area contributed by atoms with E-state index in [1.54, 1.807) is 30.3 Å². The molecule has 28 heavy (non-hydrogen) atoms. The number of pyridine rings is 1. The number of nitrogen functional groups attached to an aromatic ring is 1. The van der Waals surface area contributed by atoms with Crippen LogP contribution >= 0.6 is 0 Å². The maximum absolute atomic E-state index is 13.2. The molecule has 3 aromatic rings. The minimum absolute atomic E-state index is 0.130. The number of halogens is 2. The molecular weight excluding hydrogens is 368 g/mol. The number of rotatable bonds is 5. The molecule has 0 radical (unpaired) electrons. The van der Waals surface area contributed by atoms with E-state index in [9.17, 15) is 23.5 Å². The molecular formula is C20H15F2N3O3. The quantitative estimate of drug-likeness (QED) is 0.587. The molecule has 1 amide bonds. The smallest absolute Gasteiger partial charge is 0.257 e. The van der Waals surface area contributed by atoms with Crippen LogP contribution < -0.4 is 11.1 Å². The summed E-state index contributed by atoms with van der Waals surface area (Å²) < 4.78 is 26.5. The van der Waals surface area contributed by atoms with Crippen LogP contribution in [-0.2, 0) is 4.79 Å². The monoisotopic (exact) mass is 383 g/mol. The van der Waals surface area contributed by atoms with E-state index in [2.05, 4.69) is 10.3 Å². The van der Waals surface area contributed by atoms with Crippen LogP contribution in [0.4, 0.5) is 20.3 Å². The SMILES string of the molecule is Nc1ncc(-c2ccc(NC(=O)C(O)c3cc(F)cc(F)c3)cc2)cc1C=O. The van der Waals surface area contributed by atoms with Crippen molar-refractivity contribution < 1.29 is 23.5 Å². The molecule has 1 heterocycles. The van der Waals surface area contributed by atoms with Crippen molar-refractivity contribution in [2.75, 3.05) is 11.1 Å². The molecule has 1 atom stereocenters. The van der Waals surface area contributed by atoms with Gasteiger partial charge in [-0.25, -0.2) is 13.8 Å². The van der Waals surface area contributed by atoms with Crippen molar-refractivity contribution in [3.8, 4) is 11.1 Å². The first-order valence-electron chi connectivity index (χ1n) is 8.13. The predicted octanol–water partition coefficient (Wildman–Crippen LogP) is 3.09. The fourth-order valence-corrected chi connectivity index (χ4v) is 2.59. The van der Waals surface area contributed by atoms with Gasteiger partial charge in [0.25, 0.3) is 5.91 Å². The third-order valence-corrected chi connectivity index (χ3v) is 4.01. The predicted molar refractivity (Wildman–Crippen MR) is 99.4 cm³/mol. The second-order valence-corrected chi connectivity index (χ2v) is 5.99. The van der Waals surface area contributed by atoms with Crippen molar-refractivity contribution in [3.05, 3.63) is 77.5 Å². The summed E-state index contributed by atoms with van der Waals surface area (Å²) in [6.45, 7) is 0. The van der Waals surface area contributed by atoms with E-state index in [1.165, 1.54) is 6.20 Å². The fourth-order valence-electron chi connectivity index (χ4n) is 2.59. The van der Waals surface area contributed by atoms with Gasteiger partial charge in [-0.15, -0.1) is 0 Å². The number of aliphatic hydroxyl groups excluding tert-OH is 1. The number of nitrogens with one attached hydrogen (secondary N) is 1. The fraction of sp³-hybridized carbons (Fsp3) is 0.0500. The van der Waals surface area contributed by atoms with E-state index >= 15 is 0 Å². The van der Waals surface area contributed by atoms with Crippen LogP contribution in [-0.4, -0.2) is 22.3 Å². The lowest BCUT2D eigenvalue weighted by Gasteiger charge is -2.12. The second-order valence-electron chi connectivity index (χ2n) is 5.99. The Kier molecular flexibility index (Phi) is 5.42. The van der Waals surface area contributed by atoms with E-state index in [4.69, 9.17) is 5.73 Å². The zero-order valence-electron chi connectivity index (χ0n) is 14.4. The highest BCUT2D eigenvalue weighted by atomic mass is 19.1. The Labute approximate surface area is 158 Å². The van der Waals surface area contributed by atoms with Crippen LogP contribution in [0.1, 0.15) is 22.0 Å². The summed E-state index contributed by atoms with van der Waals surface area (Å²) in [5, 5.41) is 12.5. The van der Waals surface area contributed by atoms with Gasteiger partial charge < -0.3 is 16.2 Å². The van der Waals surface area contributed by atoms with Crippen LogP contribution in [0, 0.1) is 11.6 Å². The average Bonchev–Trinajstić information content (AvgIpc) is 2.67. The van der Waals surface area contributed by atoms with Gasteiger partial charge in [0, 0.05) is 23.5 Å². The maximum Gasteiger partial charge on any atom is 0.257 e. The number of nitrogens with zero attached hydrogens (tertiary/aromatic N) is 1. The molecule has 0 saturated carbocycles. The Balaban J connectivity index is 1.75. The zero-order valence-corrected chi connectivity index (χ0v) is 14.4. The first kappa shape index (κ1) is 19.1. The summed E-state index contributed by atoms with van der Waals surface area (Å²) >= 11 is 0. The molecule has 4 N–H and O–H groups in total. The van der Waals surface area contributed by atoms with Crippen molar-refractivity contribution in [1.29, 1.82) is 0 Å². The third kappa shape index (κ3) is 4.18. The molecule has 3 rings (SSSR count). The van der Waals surface area contributed by atoms with Crippen LogP contribution in [0.3, 0.4) is 0 Å². The number of aliphatic hydroxyl groups is 1. The summed E-state index contributed by atoms with van der Waals surface area (Å²) in [5.74, 6) is -2.49. The van der Waals surface area contributed by atoms with E-state index in [1.807, 2.05) is 0 Å². The van der Waals surface area contributed by atoms with E-state index in [0.29, 0.717) is 23.6 Å². The molecule has 0 bridgehead atoms. The van der Waals surface area contributed by atoms with Gasteiger partial charge in [0.15, 0.2) is 12.4 Å². The highest BCUT2D eigenvalue weighted by Gasteiger charge is 2.19. The number of hydrogen-bond acceptors (Lipinski definition) is 5. The highest BCUT2D eigenvalue weighted by molar-refractivity contribution is 5.95. The number of nitrogens with two attached hydrogens (primary N) is 1. The summed E-state index contributed by atoms with van der Waals surface area (Å²) in [5.41, 5.74) is 7.41. The molecule has 1 unspecified atom stereocenters. The Hall–Kier alpha value is -3.65. The molecule has 0 fully saturated rings. The molecule has 0 spiro atoms. The first-order valence-corrected chi connectivity index (χ1v) is 8.13. The topological polar surface area (TPSA) is 105 Å². The number of hydrogen-bond donors (Lipinski definition) is 3. The van der Waals surface area contributed by atoms with E-state index < -0.39 is 23.6 Å². The van der Waals surface area contributed by atoms with Crippen LogP contribution in [0.2, 0.25) is 0 Å². The van der Waals surface area contributed by atoms with E-state index in [-0.39, 0.29) is 16.9 Å². The van der Waals surface area contributed by atoms with Gasteiger partial charge in [-0.05, 0) is 41.5 Å². The second kappa shape index (κ2) is 7.93. The van der Waals surface area contributed by atoms with Gasteiger partial charge in [-0.2, -0.15) is 0 Å². The van der Waals surface area contributed by atoms with Gasteiger partial charge in [-0.3, -0.25) is 9.59 Å². The highest BCUT2D eigenvalue weighted by Crippen LogP contribution is 2.24. The molecule has 6 nitrogen and oxygen atoms in total.